The normalized spacial score (nSPS) is 22.1. The number of nitrogens with one attached hydrogen (secondary N) is 1. The van der Waals surface area contributed by atoms with Crippen LogP contribution in [0.5, 0.6) is 5.75 Å². The largest absolute Gasteiger partial charge is 0.491 e. The van der Waals surface area contributed by atoms with Crippen LogP contribution in [-0.2, 0) is 4.74 Å². The fourth-order valence-corrected chi connectivity index (χ4v) is 2.47. The molecule has 2 atom stereocenters. The molecule has 1 aliphatic heterocycles. The third-order valence-corrected chi connectivity index (χ3v) is 3.93. The maximum absolute atomic E-state index is 12.7. The number of carbonyl (C=O) groups is 1. The van der Waals surface area contributed by atoms with Gasteiger partial charge in [0.1, 0.15) is 12.4 Å². The zero-order chi connectivity index (χ0) is 15.2. The molecule has 1 N–H and O–H groups in total. The van der Waals surface area contributed by atoms with E-state index in [0.29, 0.717) is 30.6 Å². The second-order valence-corrected chi connectivity index (χ2v) is 5.35. The Hall–Kier alpha value is -1.59. The van der Waals surface area contributed by atoms with Crippen LogP contribution in [0.4, 0.5) is 0 Å². The molecule has 116 valence electrons. The number of amides is 1. The van der Waals surface area contributed by atoms with E-state index < -0.39 is 0 Å². The monoisotopic (exact) mass is 292 g/mol. The molecule has 2 rings (SSSR count). The van der Waals surface area contributed by atoms with Gasteiger partial charge in [-0.25, -0.2) is 0 Å². The molecule has 1 aliphatic rings. The number of benzene rings is 1. The molecular formula is C16H24N2O3. The van der Waals surface area contributed by atoms with Crippen molar-refractivity contribution >= 4 is 5.91 Å². The number of piperazine rings is 1. The average molecular weight is 292 g/mol. The molecule has 1 aromatic carbocycles. The first kappa shape index (κ1) is 15.8. The van der Waals surface area contributed by atoms with Crippen molar-refractivity contribution in [2.24, 2.45) is 0 Å². The molecule has 5 heteroatoms. The predicted molar refractivity (Wildman–Crippen MR) is 81.8 cm³/mol. The highest BCUT2D eigenvalue weighted by molar-refractivity contribution is 5.95. The molecule has 0 aromatic heterocycles. The number of rotatable bonds is 5. The summed E-state index contributed by atoms with van der Waals surface area (Å²) in [5.41, 5.74) is 0.672. The molecule has 21 heavy (non-hydrogen) atoms. The van der Waals surface area contributed by atoms with Gasteiger partial charge in [-0.05, 0) is 32.0 Å². The molecule has 1 amide bonds. The molecule has 1 heterocycles. The Balaban J connectivity index is 2.06. The lowest BCUT2D eigenvalue weighted by Crippen LogP contribution is -2.57. The van der Waals surface area contributed by atoms with Crippen LogP contribution in [0.15, 0.2) is 24.3 Å². The molecule has 0 spiro atoms. The molecule has 0 radical (unpaired) electrons. The molecule has 0 saturated carbocycles. The number of methoxy groups -OCH3 is 1. The van der Waals surface area contributed by atoms with Gasteiger partial charge in [0.15, 0.2) is 0 Å². The summed E-state index contributed by atoms with van der Waals surface area (Å²) in [7, 11) is 1.64. The number of ether oxygens (including phenoxy) is 2. The molecule has 1 fully saturated rings. The van der Waals surface area contributed by atoms with Gasteiger partial charge in [0.2, 0.25) is 0 Å². The van der Waals surface area contributed by atoms with Gasteiger partial charge in [-0.3, -0.25) is 4.79 Å². The van der Waals surface area contributed by atoms with E-state index in [9.17, 15) is 4.79 Å². The zero-order valence-corrected chi connectivity index (χ0v) is 13.0. The van der Waals surface area contributed by atoms with Crippen LogP contribution >= 0.6 is 0 Å². The zero-order valence-electron chi connectivity index (χ0n) is 13.0. The van der Waals surface area contributed by atoms with E-state index in [1.165, 1.54) is 0 Å². The van der Waals surface area contributed by atoms with E-state index in [0.717, 1.165) is 13.1 Å². The third kappa shape index (κ3) is 3.95. The molecule has 5 nitrogen and oxygen atoms in total. The summed E-state index contributed by atoms with van der Waals surface area (Å²) in [5.74, 6) is 0.766. The lowest BCUT2D eigenvalue weighted by atomic mass is 10.1. The second kappa shape index (κ2) is 7.43. The Bertz CT molecular complexity index is 478. The highest BCUT2D eigenvalue weighted by Gasteiger charge is 2.28. The summed E-state index contributed by atoms with van der Waals surface area (Å²) in [6.45, 7) is 6.77. The van der Waals surface area contributed by atoms with Crippen LogP contribution in [0, 0.1) is 0 Å². The Morgan fingerprint density at radius 2 is 2.19 bits per heavy atom. The molecule has 0 bridgehead atoms. The van der Waals surface area contributed by atoms with Crippen LogP contribution in [0.2, 0.25) is 0 Å². The van der Waals surface area contributed by atoms with Crippen molar-refractivity contribution in [2.75, 3.05) is 33.4 Å². The van der Waals surface area contributed by atoms with E-state index in [2.05, 4.69) is 19.2 Å². The van der Waals surface area contributed by atoms with Gasteiger partial charge in [0.05, 0.1) is 6.61 Å². The quantitative estimate of drug-likeness (QED) is 0.836. The maximum atomic E-state index is 12.7. The third-order valence-electron chi connectivity index (χ3n) is 3.93. The summed E-state index contributed by atoms with van der Waals surface area (Å²) in [4.78, 5) is 14.6. The average Bonchev–Trinajstić information content (AvgIpc) is 2.50. The fraction of sp³-hybridized carbons (Fsp3) is 0.562. The van der Waals surface area contributed by atoms with Crippen molar-refractivity contribution in [3.8, 4) is 5.75 Å². The summed E-state index contributed by atoms with van der Waals surface area (Å²) in [5, 5.41) is 3.38. The van der Waals surface area contributed by atoms with Gasteiger partial charge in [-0.1, -0.05) is 6.07 Å². The maximum Gasteiger partial charge on any atom is 0.254 e. The van der Waals surface area contributed by atoms with Crippen molar-refractivity contribution in [2.45, 2.75) is 25.9 Å². The number of carbonyl (C=O) groups excluding carboxylic acids is 1. The first-order chi connectivity index (χ1) is 10.1. The van der Waals surface area contributed by atoms with Crippen molar-refractivity contribution in [3.05, 3.63) is 29.8 Å². The lowest BCUT2D eigenvalue weighted by Gasteiger charge is -2.38. The van der Waals surface area contributed by atoms with Crippen LogP contribution in [0.3, 0.4) is 0 Å². The first-order valence-corrected chi connectivity index (χ1v) is 7.39. The first-order valence-electron chi connectivity index (χ1n) is 7.39. The van der Waals surface area contributed by atoms with Gasteiger partial charge in [0.25, 0.3) is 5.91 Å². The van der Waals surface area contributed by atoms with Crippen molar-refractivity contribution < 1.29 is 14.3 Å². The van der Waals surface area contributed by atoms with Gasteiger partial charge < -0.3 is 19.7 Å². The van der Waals surface area contributed by atoms with Crippen molar-refractivity contribution in [3.63, 3.8) is 0 Å². The molecule has 1 aromatic rings. The summed E-state index contributed by atoms with van der Waals surface area (Å²) >= 11 is 0. The molecular weight excluding hydrogens is 268 g/mol. The van der Waals surface area contributed by atoms with Crippen molar-refractivity contribution in [1.29, 1.82) is 0 Å². The Labute approximate surface area is 126 Å². The number of nitrogens with zero attached hydrogens (tertiary/aromatic N) is 1. The van der Waals surface area contributed by atoms with Crippen LogP contribution in [0.25, 0.3) is 0 Å². The van der Waals surface area contributed by atoms with Gasteiger partial charge in [-0.15, -0.1) is 0 Å². The summed E-state index contributed by atoms with van der Waals surface area (Å²) in [6.07, 6.45) is 0. The van der Waals surface area contributed by atoms with Crippen LogP contribution < -0.4 is 10.1 Å². The highest BCUT2D eigenvalue weighted by Crippen LogP contribution is 2.18. The minimum atomic E-state index is 0.0630. The van der Waals surface area contributed by atoms with Gasteiger partial charge in [0, 0.05) is 37.8 Å². The standard InChI is InChI=1S/C16H24N2O3/c1-12-13(2)18(8-7-17-12)16(19)14-5-4-6-15(11-14)21-10-9-20-3/h4-6,11-13,17H,7-10H2,1-3H3. The van der Waals surface area contributed by atoms with E-state index in [-0.39, 0.29) is 11.9 Å². The Morgan fingerprint density at radius 3 is 2.95 bits per heavy atom. The van der Waals surface area contributed by atoms with Gasteiger partial charge in [-0.2, -0.15) is 0 Å². The van der Waals surface area contributed by atoms with Crippen LogP contribution in [-0.4, -0.2) is 56.3 Å². The fourth-order valence-electron chi connectivity index (χ4n) is 2.47. The topological polar surface area (TPSA) is 50.8 Å². The Morgan fingerprint density at radius 1 is 1.38 bits per heavy atom. The summed E-state index contributed by atoms with van der Waals surface area (Å²) < 4.78 is 10.5. The SMILES string of the molecule is COCCOc1cccc(C(=O)N2CCNC(C)C2C)c1. The second-order valence-electron chi connectivity index (χ2n) is 5.35. The number of hydrogen-bond donors (Lipinski definition) is 1. The van der Waals surface area contributed by atoms with Crippen LogP contribution in [0.1, 0.15) is 24.2 Å². The number of hydrogen-bond acceptors (Lipinski definition) is 4. The highest BCUT2D eigenvalue weighted by atomic mass is 16.5. The van der Waals surface area contributed by atoms with E-state index >= 15 is 0 Å². The minimum absolute atomic E-state index is 0.0630. The van der Waals surface area contributed by atoms with E-state index in [1.54, 1.807) is 13.2 Å². The molecule has 0 aliphatic carbocycles. The Kier molecular flexibility index (Phi) is 5.59. The lowest BCUT2D eigenvalue weighted by molar-refractivity contribution is 0.0602. The van der Waals surface area contributed by atoms with Gasteiger partial charge >= 0.3 is 0 Å². The van der Waals surface area contributed by atoms with Crippen molar-refractivity contribution in [1.82, 2.24) is 10.2 Å². The smallest absolute Gasteiger partial charge is 0.254 e. The minimum Gasteiger partial charge on any atom is -0.491 e. The summed E-state index contributed by atoms with van der Waals surface area (Å²) in [6, 6.07) is 7.85. The van der Waals surface area contributed by atoms with E-state index in [1.807, 2.05) is 23.1 Å². The molecule has 2 unspecified atom stereocenters. The molecule has 1 saturated heterocycles. The predicted octanol–water partition coefficient (Wildman–Crippen LogP) is 1.53. The van der Waals surface area contributed by atoms with E-state index in [4.69, 9.17) is 9.47 Å².